The normalized spacial score (nSPS) is 10.2. The van der Waals surface area contributed by atoms with Crippen LogP contribution in [-0.4, -0.2) is 40.6 Å². The van der Waals surface area contributed by atoms with Crippen LogP contribution >= 0.6 is 46.5 Å². The predicted molar refractivity (Wildman–Crippen MR) is 95.6 cm³/mol. The summed E-state index contributed by atoms with van der Waals surface area (Å²) in [7, 11) is 0. The van der Waals surface area contributed by atoms with Crippen LogP contribution in [0.2, 0.25) is 5.02 Å². The van der Waals surface area contributed by atoms with Crippen LogP contribution in [0.4, 0.5) is 0 Å². The maximum absolute atomic E-state index is 11.7. The largest absolute Gasteiger partial charge is 0.484 e. The molecule has 0 aliphatic heterocycles. The van der Waals surface area contributed by atoms with Crippen LogP contribution in [0.25, 0.3) is 0 Å². The molecule has 0 spiro atoms. The highest BCUT2D eigenvalue weighted by atomic mass is 35.5. The number of hydrogen-bond donors (Lipinski definition) is 2. The van der Waals surface area contributed by atoms with Gasteiger partial charge in [0.05, 0.1) is 5.75 Å². The molecule has 0 saturated heterocycles. The molecule has 0 aliphatic rings. The second-order valence-electron chi connectivity index (χ2n) is 4.17. The topological polar surface area (TPSA) is 93.2 Å². The molecule has 24 heavy (non-hydrogen) atoms. The summed E-state index contributed by atoms with van der Waals surface area (Å²) in [6.07, 6.45) is 1.91. The first-order valence-corrected chi connectivity index (χ1v) is 9.93. The molecule has 0 fully saturated rings. The van der Waals surface area contributed by atoms with E-state index in [0.29, 0.717) is 15.1 Å². The van der Waals surface area contributed by atoms with Crippen molar-refractivity contribution in [3.63, 3.8) is 0 Å². The van der Waals surface area contributed by atoms with Crippen molar-refractivity contribution in [1.82, 2.24) is 21.0 Å². The maximum atomic E-state index is 11.7. The average molecular weight is 405 g/mol. The lowest BCUT2D eigenvalue weighted by atomic mass is 10.3. The molecular weight excluding hydrogens is 392 g/mol. The van der Waals surface area contributed by atoms with Gasteiger partial charge in [-0.3, -0.25) is 20.4 Å². The number of nitrogens with zero attached hydrogens (tertiary/aromatic N) is 2. The van der Waals surface area contributed by atoms with Gasteiger partial charge in [-0.2, -0.15) is 0 Å². The van der Waals surface area contributed by atoms with E-state index in [1.54, 1.807) is 24.3 Å². The van der Waals surface area contributed by atoms with E-state index in [4.69, 9.17) is 16.3 Å². The van der Waals surface area contributed by atoms with Gasteiger partial charge >= 0.3 is 0 Å². The fourth-order valence-electron chi connectivity index (χ4n) is 1.36. The Balaban J connectivity index is 1.63. The predicted octanol–water partition coefficient (Wildman–Crippen LogP) is 2.23. The van der Waals surface area contributed by atoms with Crippen LogP contribution in [0.5, 0.6) is 5.75 Å². The number of ether oxygens (including phenoxy) is 1. The summed E-state index contributed by atoms with van der Waals surface area (Å²) in [4.78, 5) is 23.3. The fraction of sp³-hybridized carbons (Fsp3) is 0.231. The quantitative estimate of drug-likeness (QED) is 0.539. The van der Waals surface area contributed by atoms with E-state index in [1.165, 1.54) is 34.9 Å². The van der Waals surface area contributed by atoms with Gasteiger partial charge in [-0.1, -0.05) is 46.5 Å². The Labute approximate surface area is 155 Å². The molecule has 7 nitrogen and oxygen atoms in total. The van der Waals surface area contributed by atoms with E-state index in [1.807, 2.05) is 6.26 Å². The van der Waals surface area contributed by atoms with Gasteiger partial charge in [0.1, 0.15) is 5.75 Å². The highest BCUT2D eigenvalue weighted by Gasteiger charge is 2.09. The zero-order valence-electron chi connectivity index (χ0n) is 12.4. The van der Waals surface area contributed by atoms with Gasteiger partial charge in [-0.05, 0) is 30.5 Å². The first-order valence-electron chi connectivity index (χ1n) is 6.53. The van der Waals surface area contributed by atoms with Gasteiger partial charge in [0.15, 0.2) is 15.3 Å². The fourth-order valence-corrected chi connectivity index (χ4v) is 3.72. The summed E-state index contributed by atoms with van der Waals surface area (Å²) in [6, 6.07) is 6.61. The Morgan fingerprint density at radius 2 is 1.83 bits per heavy atom. The molecule has 0 saturated carbocycles. The van der Waals surface area contributed by atoms with Crippen molar-refractivity contribution in [2.24, 2.45) is 0 Å². The molecule has 2 N–H and O–H groups in total. The minimum Gasteiger partial charge on any atom is -0.484 e. The molecule has 0 bridgehead atoms. The molecule has 1 aromatic heterocycles. The van der Waals surface area contributed by atoms with Crippen molar-refractivity contribution in [3.05, 3.63) is 29.3 Å². The van der Waals surface area contributed by atoms with Crippen LogP contribution < -0.4 is 15.6 Å². The zero-order valence-corrected chi connectivity index (χ0v) is 15.7. The SMILES string of the molecule is CSc1nnc(SCC(=O)NNC(=O)COc2ccc(Cl)cc2)s1. The van der Waals surface area contributed by atoms with Gasteiger partial charge in [0.2, 0.25) is 5.91 Å². The Kier molecular flexibility index (Phi) is 7.63. The molecule has 2 rings (SSSR count). The number of carbonyl (C=O) groups excluding carboxylic acids is 2. The molecule has 0 unspecified atom stereocenters. The Hall–Kier alpha value is -1.49. The first-order chi connectivity index (χ1) is 11.6. The molecule has 1 heterocycles. The van der Waals surface area contributed by atoms with Crippen molar-refractivity contribution in [2.45, 2.75) is 8.68 Å². The lowest BCUT2D eigenvalue weighted by Crippen LogP contribution is -2.44. The molecular formula is C13H13ClN4O3S3. The molecule has 0 aliphatic carbocycles. The summed E-state index contributed by atoms with van der Waals surface area (Å²) in [5.41, 5.74) is 4.59. The van der Waals surface area contributed by atoms with E-state index < -0.39 is 5.91 Å². The monoisotopic (exact) mass is 404 g/mol. The van der Waals surface area contributed by atoms with Gasteiger partial charge in [0, 0.05) is 5.02 Å². The van der Waals surface area contributed by atoms with Gasteiger partial charge in [-0.25, -0.2) is 0 Å². The Bertz CT molecular complexity index is 696. The van der Waals surface area contributed by atoms with Gasteiger partial charge in [0.25, 0.3) is 5.91 Å². The summed E-state index contributed by atoms with van der Waals surface area (Å²) >= 11 is 9.91. The van der Waals surface area contributed by atoms with Crippen molar-refractivity contribution in [2.75, 3.05) is 18.6 Å². The zero-order chi connectivity index (χ0) is 17.4. The van der Waals surface area contributed by atoms with Crippen molar-refractivity contribution in [3.8, 4) is 5.75 Å². The van der Waals surface area contributed by atoms with E-state index >= 15 is 0 Å². The molecule has 2 amide bonds. The van der Waals surface area contributed by atoms with E-state index in [2.05, 4.69) is 21.0 Å². The van der Waals surface area contributed by atoms with E-state index in [0.717, 1.165) is 4.34 Å². The number of rotatable bonds is 7. The maximum Gasteiger partial charge on any atom is 0.276 e. The number of nitrogens with one attached hydrogen (secondary N) is 2. The third-order valence-electron chi connectivity index (χ3n) is 2.41. The standard InChI is InChI=1S/C13H13ClN4O3S3/c1-22-12-17-18-13(24-12)23-7-11(20)16-15-10(19)6-21-9-4-2-8(14)3-5-9/h2-5H,6-7H2,1H3,(H,15,19)(H,16,20). The van der Waals surface area contributed by atoms with Gasteiger partial charge in [-0.15, -0.1) is 10.2 Å². The van der Waals surface area contributed by atoms with Crippen molar-refractivity contribution >= 4 is 58.3 Å². The molecule has 2 aromatic rings. The number of hydrazine groups is 1. The van der Waals surface area contributed by atoms with Crippen molar-refractivity contribution in [1.29, 1.82) is 0 Å². The van der Waals surface area contributed by atoms with Crippen LogP contribution in [0.1, 0.15) is 0 Å². The lowest BCUT2D eigenvalue weighted by molar-refractivity contribution is -0.128. The number of benzene rings is 1. The van der Waals surface area contributed by atoms with E-state index in [-0.39, 0.29) is 18.3 Å². The highest BCUT2D eigenvalue weighted by Crippen LogP contribution is 2.26. The minimum atomic E-state index is -0.469. The Morgan fingerprint density at radius 3 is 2.50 bits per heavy atom. The number of amides is 2. The van der Waals surface area contributed by atoms with Crippen LogP contribution in [0.3, 0.4) is 0 Å². The number of carbonyl (C=O) groups is 2. The number of thioether (sulfide) groups is 2. The minimum absolute atomic E-state index is 0.126. The number of aromatic nitrogens is 2. The second kappa shape index (κ2) is 9.72. The molecule has 11 heteroatoms. The summed E-state index contributed by atoms with van der Waals surface area (Å²) in [5, 5.41) is 8.45. The third-order valence-corrected chi connectivity index (χ3v) is 5.70. The van der Waals surface area contributed by atoms with Crippen LogP contribution in [0, 0.1) is 0 Å². The molecule has 0 radical (unpaired) electrons. The molecule has 1 aromatic carbocycles. The summed E-state index contributed by atoms with van der Waals surface area (Å²) in [5.74, 6) is -0.177. The molecule has 0 atom stereocenters. The first kappa shape index (κ1) is 18.8. The van der Waals surface area contributed by atoms with Crippen molar-refractivity contribution < 1.29 is 14.3 Å². The van der Waals surface area contributed by atoms with E-state index in [9.17, 15) is 9.59 Å². The number of hydrogen-bond acceptors (Lipinski definition) is 8. The smallest absolute Gasteiger partial charge is 0.276 e. The summed E-state index contributed by atoms with van der Waals surface area (Å²) in [6.45, 7) is -0.220. The second-order valence-corrected chi connectivity index (χ2v) is 7.86. The Morgan fingerprint density at radius 1 is 1.17 bits per heavy atom. The molecule has 128 valence electrons. The average Bonchev–Trinajstić information content (AvgIpc) is 3.05. The van der Waals surface area contributed by atoms with Crippen LogP contribution in [-0.2, 0) is 9.59 Å². The summed E-state index contributed by atoms with van der Waals surface area (Å²) < 4.78 is 6.79. The van der Waals surface area contributed by atoms with Crippen LogP contribution in [0.15, 0.2) is 32.9 Å². The lowest BCUT2D eigenvalue weighted by Gasteiger charge is -2.08. The number of halogens is 1. The van der Waals surface area contributed by atoms with Gasteiger partial charge < -0.3 is 4.74 Å². The highest BCUT2D eigenvalue weighted by molar-refractivity contribution is 8.03. The third kappa shape index (κ3) is 6.56.